The minimum atomic E-state index is -0.432. The minimum Gasteiger partial charge on any atom is -0.454 e. The standard InChI is InChI=1S/4C19H18N4O2.C18H15FN4O2/c2*1-12-4-5-15(22-9-12)7-19(24)18-8-16(6-13(2)23-18)25-17-10-20-14(3)21-11-17;2*1-12-5-4-6-15(22-12)8-19(24)18-9-16(7-13(2)23-18)25-17-10-20-14(3)21-11-17;1-11-5-15(25-16-9-21-12(2)22-10-16)8-17(23-11)18(24)7-14-6-13(19)3-4-20-14/h2*4-6,8-11H,7H2,1-3H3;2*4-7,9-11H,8H2,1-3H3;3-6,8-10H,7H2,1-2H3. The van der Waals surface area contributed by atoms with Gasteiger partial charge in [-0.15, -0.1) is 0 Å². The predicted molar refractivity (Wildman–Crippen MR) is 459 cm³/mol. The number of carbonyl (C=O) groups excluding carboxylic acids is 5. The summed E-state index contributed by atoms with van der Waals surface area (Å²) in [4.78, 5) is 146. The molecule has 0 amide bonds. The molecule has 0 saturated carbocycles. The number of rotatable bonds is 25. The van der Waals surface area contributed by atoms with E-state index >= 15 is 0 Å². The smallest absolute Gasteiger partial charge is 0.187 e. The molecule has 30 nitrogen and oxygen atoms in total. The van der Waals surface area contributed by atoms with Crippen LogP contribution in [0.2, 0.25) is 0 Å². The fourth-order valence-electron chi connectivity index (χ4n) is 11.5. The topological polar surface area (TPSA) is 389 Å². The predicted octanol–water partition coefficient (Wildman–Crippen LogP) is 16.9. The van der Waals surface area contributed by atoms with Crippen LogP contribution < -0.4 is 23.7 Å². The Balaban J connectivity index is 0.000000152. The lowest BCUT2D eigenvalue weighted by molar-refractivity contribution is 0.0978. The molecule has 0 atom stereocenters. The Labute approximate surface area is 720 Å². The van der Waals surface area contributed by atoms with Gasteiger partial charge in [-0.1, -0.05) is 24.3 Å². The van der Waals surface area contributed by atoms with E-state index < -0.39 is 5.82 Å². The molecule has 0 aliphatic carbocycles. The van der Waals surface area contributed by atoms with Crippen molar-refractivity contribution in [3.05, 3.63) is 357 Å². The van der Waals surface area contributed by atoms with E-state index in [0.29, 0.717) is 155 Å². The Kier molecular flexibility index (Phi) is 31.2. The fourth-order valence-corrected chi connectivity index (χ4v) is 11.5. The first-order valence-electron chi connectivity index (χ1n) is 39.2. The summed E-state index contributed by atoms with van der Waals surface area (Å²) in [5, 5.41) is 0. The second-order valence-electron chi connectivity index (χ2n) is 28.6. The molecule has 31 heteroatoms. The molecule has 0 N–H and O–H groups in total. The van der Waals surface area contributed by atoms with Crippen LogP contribution in [0.5, 0.6) is 57.5 Å². The van der Waals surface area contributed by atoms with Crippen LogP contribution in [0.1, 0.15) is 161 Å². The average Bonchev–Trinajstić information content (AvgIpc) is 0.854. The molecule has 0 aromatic carbocycles. The van der Waals surface area contributed by atoms with Crippen molar-refractivity contribution in [2.75, 3.05) is 0 Å². The minimum absolute atomic E-state index is 0.0404. The maximum atomic E-state index is 13.2. The van der Waals surface area contributed by atoms with Crippen molar-refractivity contribution in [3.63, 3.8) is 0 Å². The molecular formula is C94H87FN20O10. The number of aromatic nitrogens is 20. The molecule has 15 aromatic rings. The van der Waals surface area contributed by atoms with Crippen molar-refractivity contribution >= 4 is 28.9 Å². The first-order valence-corrected chi connectivity index (χ1v) is 39.2. The zero-order chi connectivity index (χ0) is 89.1. The number of Topliss-reactive ketones (excluding diaryl/α,β-unsaturated/α-hetero) is 5. The first kappa shape index (κ1) is 90.0. The van der Waals surface area contributed by atoms with Crippen molar-refractivity contribution in [1.82, 2.24) is 99.7 Å². The molecule has 0 radical (unpaired) electrons. The second kappa shape index (κ2) is 43.4. The van der Waals surface area contributed by atoms with Crippen molar-refractivity contribution < 1.29 is 52.0 Å². The maximum absolute atomic E-state index is 13.2. The van der Waals surface area contributed by atoms with Gasteiger partial charge in [-0.2, -0.15) is 0 Å². The molecule has 630 valence electrons. The summed E-state index contributed by atoms with van der Waals surface area (Å²) in [6, 6.07) is 38.1. The van der Waals surface area contributed by atoms with Gasteiger partial charge < -0.3 is 23.7 Å². The van der Waals surface area contributed by atoms with Gasteiger partial charge in [-0.3, -0.25) is 48.9 Å². The van der Waals surface area contributed by atoms with Gasteiger partial charge in [0.2, 0.25) is 0 Å². The summed E-state index contributed by atoms with van der Waals surface area (Å²) >= 11 is 0. The van der Waals surface area contributed by atoms with Crippen molar-refractivity contribution in [2.45, 2.75) is 129 Å². The van der Waals surface area contributed by atoms with E-state index in [1.165, 1.54) is 24.4 Å². The highest BCUT2D eigenvalue weighted by Crippen LogP contribution is 2.29. The summed E-state index contributed by atoms with van der Waals surface area (Å²) in [5.41, 5.74) is 12.2. The lowest BCUT2D eigenvalue weighted by Gasteiger charge is -2.08. The number of pyridine rings is 10. The summed E-state index contributed by atoms with van der Waals surface area (Å²) in [6.45, 7) is 25.7. The van der Waals surface area contributed by atoms with Gasteiger partial charge in [0.05, 0.1) is 99.8 Å². The van der Waals surface area contributed by atoms with E-state index in [4.69, 9.17) is 23.7 Å². The molecule has 0 aliphatic heterocycles. The number of nitrogens with zero attached hydrogens (tertiary/aromatic N) is 20. The monoisotopic (exact) mass is 1670 g/mol. The molecule has 15 aromatic heterocycles. The number of aryl methyl sites for hydroxylation is 14. The Morgan fingerprint density at radius 3 is 0.712 bits per heavy atom. The van der Waals surface area contributed by atoms with Gasteiger partial charge in [0.25, 0.3) is 0 Å². The zero-order valence-corrected chi connectivity index (χ0v) is 71.1. The van der Waals surface area contributed by atoms with Gasteiger partial charge in [-0.25, -0.2) is 79.2 Å². The van der Waals surface area contributed by atoms with Gasteiger partial charge >= 0.3 is 0 Å². The molecule has 0 unspecified atom stereocenters. The van der Waals surface area contributed by atoms with Crippen LogP contribution in [0, 0.1) is 103 Å². The van der Waals surface area contributed by atoms with Crippen LogP contribution in [0.4, 0.5) is 4.39 Å². The second-order valence-corrected chi connectivity index (χ2v) is 28.6. The van der Waals surface area contributed by atoms with Gasteiger partial charge in [-0.05, 0) is 157 Å². The molecule has 0 fully saturated rings. The summed E-state index contributed by atoms with van der Waals surface area (Å²) in [5.74, 6) is 7.24. The number of ether oxygens (including phenoxy) is 5. The number of carbonyl (C=O) groups is 5. The van der Waals surface area contributed by atoms with Crippen LogP contribution in [0.3, 0.4) is 0 Å². The highest BCUT2D eigenvalue weighted by atomic mass is 19.1. The van der Waals surface area contributed by atoms with E-state index in [0.717, 1.165) is 33.9 Å². The summed E-state index contributed by atoms with van der Waals surface area (Å²) < 4.78 is 41.9. The van der Waals surface area contributed by atoms with E-state index in [9.17, 15) is 28.4 Å². The molecule has 125 heavy (non-hydrogen) atoms. The maximum Gasteiger partial charge on any atom is 0.187 e. The highest BCUT2D eigenvalue weighted by Gasteiger charge is 2.20. The van der Waals surface area contributed by atoms with E-state index in [-0.39, 0.29) is 66.7 Å². The Morgan fingerprint density at radius 1 is 0.232 bits per heavy atom. The normalized spacial score (nSPS) is 10.5. The Bertz CT molecular complexity index is 5770. The van der Waals surface area contributed by atoms with Gasteiger partial charge in [0.1, 0.15) is 92.2 Å². The van der Waals surface area contributed by atoms with Gasteiger partial charge in [0.15, 0.2) is 57.7 Å². The van der Waals surface area contributed by atoms with Crippen LogP contribution in [-0.2, 0) is 32.1 Å². The van der Waals surface area contributed by atoms with Crippen LogP contribution in [-0.4, -0.2) is 129 Å². The summed E-state index contributed by atoms with van der Waals surface area (Å²) in [7, 11) is 0. The third-order valence-corrected chi connectivity index (χ3v) is 17.4. The number of hydrogen-bond acceptors (Lipinski definition) is 30. The zero-order valence-electron chi connectivity index (χ0n) is 71.1. The van der Waals surface area contributed by atoms with E-state index in [1.54, 1.807) is 171 Å². The number of ketones is 5. The first-order chi connectivity index (χ1) is 60.0. The summed E-state index contributed by atoms with van der Waals surface area (Å²) in [6.07, 6.45) is 21.4. The lowest BCUT2D eigenvalue weighted by atomic mass is 10.1. The quantitative estimate of drug-likeness (QED) is 0.0480. The SMILES string of the molecule is Cc1cc(Oc2cnc(C)nc2)cc(C(=O)Cc2cc(F)ccn2)n1.Cc1ccc(CC(=O)c2cc(Oc3cnc(C)nc3)cc(C)n2)nc1.Cc1ccc(CC(=O)c2cc(Oc3cnc(C)nc3)cc(C)n2)nc1.Cc1cccc(CC(=O)c2cc(Oc3cnc(C)nc3)cc(C)n2)n1.Cc1cccc(CC(=O)c2cc(Oc3cnc(C)nc3)cc(C)n2)n1. The molecule has 0 spiro atoms. The number of halogens is 1. The average molecular weight is 1680 g/mol. The fraction of sp³-hybridized carbons (Fsp3) is 0.202. The van der Waals surface area contributed by atoms with Crippen molar-refractivity contribution in [3.8, 4) is 57.5 Å². The molecular weight excluding hydrogens is 1590 g/mol. The van der Waals surface area contributed by atoms with E-state index in [2.05, 4.69) is 99.7 Å². The molecule has 0 saturated heterocycles. The molecule has 15 rings (SSSR count). The van der Waals surface area contributed by atoms with E-state index in [1.807, 2.05) is 116 Å². The van der Waals surface area contributed by atoms with Crippen LogP contribution in [0.15, 0.2) is 214 Å². The highest BCUT2D eigenvalue weighted by molar-refractivity contribution is 5.98. The lowest BCUT2D eigenvalue weighted by Crippen LogP contribution is -2.08. The van der Waals surface area contributed by atoms with Crippen molar-refractivity contribution in [1.29, 1.82) is 0 Å². The molecule has 15 heterocycles. The third kappa shape index (κ3) is 29.3. The van der Waals surface area contributed by atoms with Crippen LogP contribution >= 0.6 is 0 Å². The number of hydrogen-bond donors (Lipinski definition) is 0. The molecule has 0 aliphatic rings. The van der Waals surface area contributed by atoms with Gasteiger partial charge in [0, 0.05) is 142 Å². The Morgan fingerprint density at radius 2 is 0.480 bits per heavy atom. The Hall–Kier alpha value is -15.8. The van der Waals surface area contributed by atoms with Crippen molar-refractivity contribution in [2.24, 2.45) is 0 Å². The largest absolute Gasteiger partial charge is 0.454 e. The third-order valence-electron chi connectivity index (χ3n) is 17.4. The molecule has 0 bridgehead atoms. The van der Waals surface area contributed by atoms with Crippen LogP contribution in [0.25, 0.3) is 0 Å².